The van der Waals surface area contributed by atoms with Crippen molar-refractivity contribution in [2.45, 2.75) is 109 Å². The topological polar surface area (TPSA) is 79.0 Å². The summed E-state index contributed by atoms with van der Waals surface area (Å²) in [4.78, 5) is 41.5. The van der Waals surface area contributed by atoms with Crippen LogP contribution in [0.5, 0.6) is 0 Å². The Hall–Kier alpha value is -2.39. The molecule has 0 radical (unpaired) electrons. The van der Waals surface area contributed by atoms with E-state index in [1.54, 1.807) is 26.2 Å². The molecule has 0 aromatic heterocycles. The first-order valence-electron chi connectivity index (χ1n) is 17.2. The largest absolute Gasteiger partial charge is 0.413 e. The van der Waals surface area contributed by atoms with E-state index in [9.17, 15) is 14.4 Å². The summed E-state index contributed by atoms with van der Waals surface area (Å²) in [5.41, 5.74) is 4.65. The maximum absolute atomic E-state index is 13.7. The van der Waals surface area contributed by atoms with Crippen molar-refractivity contribution in [1.82, 2.24) is 15.1 Å². The highest BCUT2D eigenvalue weighted by Gasteiger charge is 2.47. The molecular formula is C37H53Cl2N3O4Si. The van der Waals surface area contributed by atoms with E-state index in [1.165, 1.54) is 4.90 Å². The van der Waals surface area contributed by atoms with Crippen LogP contribution in [-0.4, -0.2) is 75.2 Å². The summed E-state index contributed by atoms with van der Waals surface area (Å²) in [7, 11) is 1.37. The molecule has 2 aromatic carbocycles. The molecule has 2 fully saturated rings. The number of rotatable bonds is 12. The molecule has 47 heavy (non-hydrogen) atoms. The maximum Gasteiger partial charge on any atom is 0.251 e. The number of amides is 3. The standard InChI is InChI=1S/C37H53Cl2N3O4Si/c1-23(2)47(24(3)4,25(5)6)46-31-15-13-30(14-16-31)42-18-17-28(37(42)45)19-32-33(38)20-29(21-34(32)39)26-9-11-27(12-10-26)36(44)40-22-35(43)41(7)8/h9-12,20-21,23-25,28,30-31H,13-19,22H2,1-8H3,(H,40,44)/t28-,30-,31-/m0/s1. The molecule has 1 heterocycles. The Morgan fingerprint density at radius 3 is 1.96 bits per heavy atom. The zero-order valence-electron chi connectivity index (χ0n) is 29.4. The van der Waals surface area contributed by atoms with Crippen molar-refractivity contribution in [3.05, 3.63) is 57.6 Å². The predicted molar refractivity (Wildman–Crippen MR) is 195 cm³/mol. The van der Waals surface area contributed by atoms with Crippen LogP contribution in [0.3, 0.4) is 0 Å². The van der Waals surface area contributed by atoms with Gasteiger partial charge in [0.1, 0.15) is 0 Å². The number of hydrogen-bond donors (Lipinski definition) is 1. The van der Waals surface area contributed by atoms with Crippen LogP contribution in [0.15, 0.2) is 36.4 Å². The summed E-state index contributed by atoms with van der Waals surface area (Å²) >= 11 is 13.6. The number of likely N-dealkylation sites (N-methyl/N-ethyl adjacent to an activating group) is 1. The fourth-order valence-corrected chi connectivity index (χ4v) is 14.2. The third-order valence-corrected chi connectivity index (χ3v) is 17.3. The molecule has 2 aliphatic rings. The Kier molecular flexibility index (Phi) is 12.6. The van der Waals surface area contributed by atoms with E-state index in [0.717, 1.165) is 55.3 Å². The van der Waals surface area contributed by atoms with Crippen molar-refractivity contribution in [3.8, 4) is 11.1 Å². The number of nitrogens with zero attached hydrogens (tertiary/aromatic N) is 2. The summed E-state index contributed by atoms with van der Waals surface area (Å²) in [5, 5.41) is 3.71. The minimum Gasteiger partial charge on any atom is -0.413 e. The lowest BCUT2D eigenvalue weighted by Gasteiger charge is -2.46. The summed E-state index contributed by atoms with van der Waals surface area (Å²) < 4.78 is 7.09. The third-order valence-electron chi connectivity index (χ3n) is 10.5. The molecule has 1 aliphatic carbocycles. The lowest BCUT2D eigenvalue weighted by molar-refractivity contribution is -0.133. The fraction of sp³-hybridized carbons (Fsp3) is 0.595. The molecule has 258 valence electrons. The molecule has 0 spiro atoms. The van der Waals surface area contributed by atoms with E-state index in [2.05, 4.69) is 51.8 Å². The van der Waals surface area contributed by atoms with E-state index in [0.29, 0.717) is 44.8 Å². The van der Waals surface area contributed by atoms with Gasteiger partial charge in [-0.25, -0.2) is 0 Å². The SMILES string of the molecule is CC(C)[Si](O[C@H]1CC[C@H](N2CC[C@@H](Cc3c(Cl)cc(-c4ccc(C(=O)NCC(=O)N(C)C)cc4)cc3Cl)C2=O)CC1)(C(C)C)C(C)C. The second-order valence-corrected chi connectivity index (χ2v) is 20.8. The molecular weight excluding hydrogens is 649 g/mol. The first-order chi connectivity index (χ1) is 22.1. The summed E-state index contributed by atoms with van der Waals surface area (Å²) in [6.45, 7) is 14.8. The number of likely N-dealkylation sites (tertiary alicyclic amines) is 1. The highest BCUT2D eigenvalue weighted by molar-refractivity contribution is 6.77. The number of hydrogen-bond acceptors (Lipinski definition) is 4. The second kappa shape index (κ2) is 15.9. The van der Waals surface area contributed by atoms with Gasteiger partial charge in [-0.05, 0) is 96.1 Å². The highest BCUT2D eigenvalue weighted by Crippen LogP contribution is 2.45. The van der Waals surface area contributed by atoms with Crippen molar-refractivity contribution in [1.29, 1.82) is 0 Å². The van der Waals surface area contributed by atoms with Gasteiger partial charge in [0.15, 0.2) is 0 Å². The molecule has 4 rings (SSSR count). The molecule has 1 N–H and O–H groups in total. The van der Waals surface area contributed by atoms with Crippen molar-refractivity contribution >= 4 is 49.2 Å². The lowest BCUT2D eigenvalue weighted by Crippen LogP contribution is -2.51. The van der Waals surface area contributed by atoms with Gasteiger partial charge in [0.25, 0.3) is 5.91 Å². The minimum atomic E-state index is -1.92. The molecule has 0 bridgehead atoms. The van der Waals surface area contributed by atoms with Crippen molar-refractivity contribution in [2.24, 2.45) is 5.92 Å². The van der Waals surface area contributed by atoms with Crippen molar-refractivity contribution in [3.63, 3.8) is 0 Å². The monoisotopic (exact) mass is 701 g/mol. The zero-order valence-corrected chi connectivity index (χ0v) is 31.9. The van der Waals surface area contributed by atoms with E-state index < -0.39 is 8.32 Å². The normalized spacial score (nSPS) is 20.4. The smallest absolute Gasteiger partial charge is 0.251 e. The van der Waals surface area contributed by atoms with Crippen LogP contribution < -0.4 is 5.32 Å². The lowest BCUT2D eigenvalue weighted by atomic mass is 9.92. The van der Waals surface area contributed by atoms with E-state index in [4.69, 9.17) is 27.6 Å². The van der Waals surface area contributed by atoms with Crippen molar-refractivity contribution in [2.75, 3.05) is 27.2 Å². The highest BCUT2D eigenvalue weighted by atomic mass is 35.5. The van der Waals surface area contributed by atoms with Crippen molar-refractivity contribution < 1.29 is 18.8 Å². The molecule has 1 atom stereocenters. The molecule has 10 heteroatoms. The minimum absolute atomic E-state index is 0.0607. The molecule has 3 amide bonds. The quantitative estimate of drug-likeness (QED) is 0.226. The number of halogens is 2. The van der Waals surface area contributed by atoms with Gasteiger partial charge < -0.3 is 19.5 Å². The van der Waals surface area contributed by atoms with Gasteiger partial charge >= 0.3 is 0 Å². The van der Waals surface area contributed by atoms with Gasteiger partial charge in [0.2, 0.25) is 20.1 Å². The first kappa shape index (κ1) is 37.4. The number of nitrogens with one attached hydrogen (secondary N) is 1. The second-order valence-electron chi connectivity index (χ2n) is 14.6. The summed E-state index contributed by atoms with van der Waals surface area (Å²) in [6.07, 6.45) is 5.63. The average Bonchev–Trinajstić information content (AvgIpc) is 3.39. The third kappa shape index (κ3) is 8.43. The maximum atomic E-state index is 13.7. The van der Waals surface area contributed by atoms with Crippen LogP contribution in [0.4, 0.5) is 0 Å². The fourth-order valence-electron chi connectivity index (χ4n) is 7.93. The molecule has 2 aromatic rings. The van der Waals surface area contributed by atoms with Gasteiger partial charge in [0, 0.05) is 54.3 Å². The molecule has 1 saturated heterocycles. The number of carbonyl (C=O) groups excluding carboxylic acids is 3. The van der Waals surface area contributed by atoms with Crippen LogP contribution in [-0.2, 0) is 20.4 Å². The summed E-state index contributed by atoms with van der Waals surface area (Å²) in [6, 6.07) is 11.1. The Labute approximate surface area is 292 Å². The Morgan fingerprint density at radius 1 is 0.894 bits per heavy atom. The van der Waals surface area contributed by atoms with Crippen LogP contribution in [0, 0.1) is 5.92 Å². The van der Waals surface area contributed by atoms with E-state index >= 15 is 0 Å². The number of benzene rings is 2. The van der Waals surface area contributed by atoms with Gasteiger partial charge in [-0.15, -0.1) is 0 Å². The van der Waals surface area contributed by atoms with E-state index in [-0.39, 0.29) is 36.2 Å². The van der Waals surface area contributed by atoms with Gasteiger partial charge in [-0.3, -0.25) is 14.4 Å². The van der Waals surface area contributed by atoms with Crippen LogP contribution >= 0.6 is 23.2 Å². The molecule has 1 saturated carbocycles. The first-order valence-corrected chi connectivity index (χ1v) is 20.1. The molecule has 1 aliphatic heterocycles. The Bertz CT molecular complexity index is 1380. The Morgan fingerprint density at radius 2 is 1.45 bits per heavy atom. The zero-order chi connectivity index (χ0) is 34.6. The Balaban J connectivity index is 1.35. The van der Waals surface area contributed by atoms with E-state index in [1.807, 2.05) is 24.3 Å². The average molecular weight is 703 g/mol. The van der Waals surface area contributed by atoms with Crippen LogP contribution in [0.2, 0.25) is 26.7 Å². The van der Waals surface area contributed by atoms with Crippen LogP contribution in [0.25, 0.3) is 11.1 Å². The number of carbonyl (C=O) groups is 3. The van der Waals surface area contributed by atoms with Gasteiger partial charge in [0.05, 0.1) is 6.54 Å². The molecule has 7 nitrogen and oxygen atoms in total. The summed E-state index contributed by atoms with van der Waals surface area (Å²) in [5.74, 6) is -0.421. The van der Waals surface area contributed by atoms with Gasteiger partial charge in [-0.2, -0.15) is 0 Å². The van der Waals surface area contributed by atoms with Gasteiger partial charge in [-0.1, -0.05) is 76.9 Å². The van der Waals surface area contributed by atoms with Crippen LogP contribution in [0.1, 0.15) is 89.6 Å². The predicted octanol–water partition coefficient (Wildman–Crippen LogP) is 8.37. The molecule has 0 unspecified atom stereocenters.